The van der Waals surface area contributed by atoms with Gasteiger partial charge < -0.3 is 9.72 Å². The van der Waals surface area contributed by atoms with Crippen LogP contribution in [0, 0.1) is 6.57 Å². The maximum absolute atomic E-state index is 7.44. The number of nitrogens with one attached hydrogen (secondary N) is 1. The molecular formula is C23H12N2O. The number of hydrogen-bond donors (Lipinski definition) is 1. The Balaban J connectivity index is 1.80. The molecule has 120 valence electrons. The molecular weight excluding hydrogens is 320 g/mol. The number of hydrogen-bond acceptors (Lipinski definition) is 1. The van der Waals surface area contributed by atoms with Crippen LogP contribution in [0.25, 0.3) is 48.6 Å². The summed E-state index contributed by atoms with van der Waals surface area (Å²) in [5.41, 5.74) is 5.02. The molecule has 3 heteroatoms. The van der Waals surface area contributed by atoms with Gasteiger partial charge in [-0.25, -0.2) is 4.85 Å². The van der Waals surface area contributed by atoms with Gasteiger partial charge in [-0.2, -0.15) is 0 Å². The highest BCUT2D eigenvalue weighted by Gasteiger charge is 2.24. The van der Waals surface area contributed by atoms with Crippen LogP contribution in [0.15, 0.2) is 66.7 Å². The summed E-state index contributed by atoms with van der Waals surface area (Å²) in [6.45, 7) is 7.44. The molecule has 26 heavy (non-hydrogen) atoms. The molecule has 1 aromatic heterocycles. The molecule has 1 aliphatic heterocycles. The largest absolute Gasteiger partial charge is 0.455 e. The highest BCUT2D eigenvalue weighted by Crippen LogP contribution is 2.51. The fourth-order valence-corrected chi connectivity index (χ4v) is 4.10. The Labute approximate surface area is 149 Å². The van der Waals surface area contributed by atoms with Crippen LogP contribution in [0.3, 0.4) is 0 Å². The van der Waals surface area contributed by atoms with E-state index in [-0.39, 0.29) is 0 Å². The minimum Gasteiger partial charge on any atom is -0.455 e. The fraction of sp³-hybridized carbons (Fsp3) is 0. The summed E-state index contributed by atoms with van der Waals surface area (Å²) in [5.74, 6) is 1.70. The molecule has 2 heterocycles. The quantitative estimate of drug-likeness (QED) is 0.305. The predicted octanol–water partition coefficient (Wildman–Crippen LogP) is 6.80. The van der Waals surface area contributed by atoms with Gasteiger partial charge in [0.1, 0.15) is 11.5 Å². The second-order valence-electron chi connectivity index (χ2n) is 6.56. The summed E-state index contributed by atoms with van der Waals surface area (Å²) >= 11 is 0. The Hall–Kier alpha value is -3.77. The number of rotatable bonds is 0. The molecule has 1 N–H and O–H groups in total. The van der Waals surface area contributed by atoms with Gasteiger partial charge in [0.05, 0.1) is 17.5 Å². The minimum absolute atomic E-state index is 0.658. The van der Waals surface area contributed by atoms with Gasteiger partial charge in [-0.05, 0) is 35.2 Å². The summed E-state index contributed by atoms with van der Waals surface area (Å²) in [6, 6.07) is 22.4. The summed E-state index contributed by atoms with van der Waals surface area (Å²) in [6.07, 6.45) is 0. The van der Waals surface area contributed by atoms with E-state index in [4.69, 9.17) is 11.3 Å². The lowest BCUT2D eigenvalue weighted by atomic mass is 9.92. The summed E-state index contributed by atoms with van der Waals surface area (Å²) in [4.78, 5) is 7.14. The first-order chi connectivity index (χ1) is 12.8. The van der Waals surface area contributed by atoms with Gasteiger partial charge in [-0.3, -0.25) is 0 Å². The SMILES string of the molecule is [C-]#[N+]c1ccc2c3c(cccc13)Oc1c-2ccc2[nH]c3ccccc3c12. The number of benzene rings is 4. The normalized spacial score (nSPS) is 12.1. The molecule has 0 aliphatic carbocycles. The van der Waals surface area contributed by atoms with Gasteiger partial charge in [0.15, 0.2) is 5.69 Å². The van der Waals surface area contributed by atoms with Crippen LogP contribution >= 0.6 is 0 Å². The minimum atomic E-state index is 0.658. The molecule has 0 atom stereocenters. The van der Waals surface area contributed by atoms with Gasteiger partial charge >= 0.3 is 0 Å². The standard InChI is InChI=1S/C23H12N2O/c1-24-17-11-9-13-14-10-12-19-22(16-5-2-3-7-18(16)25-19)23(14)26-20-8-4-6-15(17)21(13)20/h2-12,25H. The smallest absolute Gasteiger partial charge is 0.195 e. The van der Waals surface area contributed by atoms with Crippen LogP contribution in [0.1, 0.15) is 0 Å². The molecule has 0 saturated carbocycles. The number of nitrogens with zero attached hydrogens (tertiary/aromatic N) is 1. The molecule has 0 amide bonds. The second kappa shape index (κ2) is 4.65. The van der Waals surface area contributed by atoms with Gasteiger partial charge in [-0.1, -0.05) is 42.5 Å². The van der Waals surface area contributed by atoms with Crippen molar-refractivity contribution in [2.45, 2.75) is 0 Å². The van der Waals surface area contributed by atoms with E-state index in [1.807, 2.05) is 36.4 Å². The molecule has 1 aliphatic rings. The Morgan fingerprint density at radius 2 is 1.58 bits per heavy atom. The van der Waals surface area contributed by atoms with Crippen molar-refractivity contribution in [3.05, 3.63) is 78.1 Å². The lowest BCUT2D eigenvalue weighted by Crippen LogP contribution is -1.97. The number of ether oxygens (including phenoxy) is 1. The number of aromatic nitrogens is 1. The molecule has 0 spiro atoms. The molecule has 0 bridgehead atoms. The fourth-order valence-electron chi connectivity index (χ4n) is 4.10. The highest BCUT2D eigenvalue weighted by atomic mass is 16.5. The van der Waals surface area contributed by atoms with Gasteiger partial charge in [0, 0.05) is 21.9 Å². The van der Waals surface area contributed by atoms with Crippen LogP contribution in [0.4, 0.5) is 5.69 Å². The van der Waals surface area contributed by atoms with E-state index in [1.165, 1.54) is 0 Å². The van der Waals surface area contributed by atoms with Crippen LogP contribution in [-0.4, -0.2) is 4.98 Å². The Kier molecular flexibility index (Phi) is 2.42. The van der Waals surface area contributed by atoms with Crippen molar-refractivity contribution in [2.75, 3.05) is 0 Å². The molecule has 5 aromatic rings. The third kappa shape index (κ3) is 1.56. The zero-order valence-electron chi connectivity index (χ0n) is 13.7. The first-order valence-electron chi connectivity index (χ1n) is 8.50. The zero-order chi connectivity index (χ0) is 17.3. The summed E-state index contributed by atoms with van der Waals surface area (Å²) in [7, 11) is 0. The third-order valence-electron chi connectivity index (χ3n) is 5.23. The zero-order valence-corrected chi connectivity index (χ0v) is 13.7. The van der Waals surface area contributed by atoms with E-state index >= 15 is 0 Å². The van der Waals surface area contributed by atoms with Crippen molar-refractivity contribution in [2.24, 2.45) is 0 Å². The van der Waals surface area contributed by atoms with Gasteiger partial charge in [0.25, 0.3) is 0 Å². The van der Waals surface area contributed by atoms with E-state index < -0.39 is 0 Å². The van der Waals surface area contributed by atoms with Crippen LogP contribution in [-0.2, 0) is 0 Å². The molecule has 6 rings (SSSR count). The van der Waals surface area contributed by atoms with E-state index in [0.717, 1.165) is 55.2 Å². The maximum atomic E-state index is 7.44. The molecule has 3 nitrogen and oxygen atoms in total. The lowest BCUT2D eigenvalue weighted by Gasteiger charge is -2.22. The summed E-state index contributed by atoms with van der Waals surface area (Å²) in [5, 5.41) is 4.23. The van der Waals surface area contributed by atoms with E-state index in [9.17, 15) is 0 Å². The average Bonchev–Trinajstić information content (AvgIpc) is 3.07. The monoisotopic (exact) mass is 332 g/mol. The van der Waals surface area contributed by atoms with Crippen LogP contribution < -0.4 is 4.74 Å². The number of fused-ring (bicyclic) bond motifs is 6. The number of aromatic amines is 1. The van der Waals surface area contributed by atoms with E-state index in [0.29, 0.717) is 5.69 Å². The molecule has 0 unspecified atom stereocenters. The van der Waals surface area contributed by atoms with Crippen LogP contribution in [0.2, 0.25) is 0 Å². The van der Waals surface area contributed by atoms with Crippen molar-refractivity contribution in [1.29, 1.82) is 0 Å². The first kappa shape index (κ1) is 13.5. The topological polar surface area (TPSA) is 29.4 Å². The first-order valence-corrected chi connectivity index (χ1v) is 8.50. The van der Waals surface area contributed by atoms with Gasteiger partial charge in [0.2, 0.25) is 0 Å². The Morgan fingerprint density at radius 3 is 2.50 bits per heavy atom. The van der Waals surface area contributed by atoms with Crippen molar-refractivity contribution < 1.29 is 4.74 Å². The van der Waals surface area contributed by atoms with E-state index in [1.54, 1.807) is 0 Å². The molecule has 0 saturated heterocycles. The molecule has 0 fully saturated rings. The highest BCUT2D eigenvalue weighted by molar-refractivity contribution is 6.17. The third-order valence-corrected chi connectivity index (χ3v) is 5.23. The predicted molar refractivity (Wildman–Crippen MR) is 105 cm³/mol. The second-order valence-corrected chi connectivity index (χ2v) is 6.56. The molecule has 4 aromatic carbocycles. The lowest BCUT2D eigenvalue weighted by molar-refractivity contribution is 0.493. The van der Waals surface area contributed by atoms with Gasteiger partial charge in [-0.15, -0.1) is 0 Å². The number of para-hydroxylation sites is 1. The summed E-state index contributed by atoms with van der Waals surface area (Å²) < 4.78 is 6.41. The Morgan fingerprint density at radius 1 is 0.731 bits per heavy atom. The number of H-pyrrole nitrogens is 1. The van der Waals surface area contributed by atoms with Crippen LogP contribution in [0.5, 0.6) is 11.5 Å². The van der Waals surface area contributed by atoms with E-state index in [2.05, 4.69) is 40.2 Å². The average molecular weight is 332 g/mol. The maximum Gasteiger partial charge on any atom is 0.195 e. The Bertz CT molecular complexity index is 1420. The molecule has 0 radical (unpaired) electrons. The van der Waals surface area contributed by atoms with Crippen molar-refractivity contribution in [1.82, 2.24) is 4.98 Å². The van der Waals surface area contributed by atoms with Crippen molar-refractivity contribution in [3.63, 3.8) is 0 Å². The van der Waals surface area contributed by atoms with Crippen molar-refractivity contribution in [3.8, 4) is 22.6 Å². The van der Waals surface area contributed by atoms with Crippen molar-refractivity contribution >= 4 is 38.3 Å².